The smallest absolute Gasteiger partial charge is 0.344 e. The van der Waals surface area contributed by atoms with Crippen molar-refractivity contribution in [3.63, 3.8) is 0 Å². The molecule has 0 fully saturated rings. The van der Waals surface area contributed by atoms with Crippen LogP contribution in [0, 0.1) is 23.7 Å². The quantitative estimate of drug-likeness (QED) is 0.0596. The lowest BCUT2D eigenvalue weighted by molar-refractivity contribution is -0.672. The molecule has 0 spiro atoms. The van der Waals surface area contributed by atoms with Gasteiger partial charge in [-0.15, -0.1) is 0 Å². The number of rotatable bonds is 11. The van der Waals surface area contributed by atoms with Crippen molar-refractivity contribution >= 4 is 60.3 Å². The van der Waals surface area contributed by atoms with Crippen LogP contribution >= 0.6 is 0 Å². The minimum atomic E-state index is -0.180. The Morgan fingerprint density at radius 2 is 1.56 bits per heavy atom. The van der Waals surface area contributed by atoms with Gasteiger partial charge < -0.3 is 13.9 Å². The molecule has 1 aliphatic heterocycles. The van der Waals surface area contributed by atoms with E-state index in [1.807, 2.05) is 7.11 Å². The molecule has 3 unspecified atom stereocenters. The number of nitrogens with zero attached hydrogens (tertiary/aromatic N) is 2. The highest BCUT2D eigenvalue weighted by Crippen LogP contribution is 2.52. The molecule has 1 aliphatic rings. The number of hydrogen-bond acceptors (Lipinski definition) is 3. The van der Waals surface area contributed by atoms with Gasteiger partial charge in [0, 0.05) is 30.4 Å². The first-order chi connectivity index (χ1) is 24.1. The van der Waals surface area contributed by atoms with Crippen LogP contribution in [0.25, 0.3) is 60.3 Å². The molecule has 0 saturated heterocycles. The van der Waals surface area contributed by atoms with Crippen LogP contribution in [-0.4, -0.2) is 24.7 Å². The molecule has 0 radical (unpaired) electrons. The van der Waals surface area contributed by atoms with Crippen LogP contribution in [0.15, 0.2) is 89.6 Å². The zero-order valence-electron chi connectivity index (χ0n) is 31.0. The van der Waals surface area contributed by atoms with Crippen molar-refractivity contribution in [2.45, 2.75) is 79.7 Å². The number of para-hydroxylation sites is 2. The number of ether oxygens (including phenoxy) is 2. The van der Waals surface area contributed by atoms with Crippen molar-refractivity contribution < 1.29 is 18.5 Å². The summed E-state index contributed by atoms with van der Waals surface area (Å²) < 4.78 is 24.6. The second kappa shape index (κ2) is 11.9. The molecular formula is C45H51N2O3+. The van der Waals surface area contributed by atoms with Crippen LogP contribution < -0.4 is 4.57 Å². The highest BCUT2D eigenvalue weighted by molar-refractivity contribution is 6.21. The van der Waals surface area contributed by atoms with E-state index >= 15 is 0 Å². The van der Waals surface area contributed by atoms with Crippen molar-refractivity contribution in [1.82, 2.24) is 4.40 Å². The lowest BCUT2D eigenvalue weighted by atomic mass is 9.58. The van der Waals surface area contributed by atoms with Gasteiger partial charge in [0.25, 0.3) is 5.65 Å². The maximum Gasteiger partial charge on any atom is 0.344 e. The molecule has 50 heavy (non-hydrogen) atoms. The first kappa shape index (κ1) is 32.8. The van der Waals surface area contributed by atoms with Crippen LogP contribution in [0.1, 0.15) is 83.9 Å². The van der Waals surface area contributed by atoms with Crippen LogP contribution in [0.2, 0.25) is 0 Å². The van der Waals surface area contributed by atoms with Gasteiger partial charge in [-0.25, -0.2) is 4.57 Å². The second-order valence-corrected chi connectivity index (χ2v) is 15.7. The molecule has 5 nitrogen and oxygen atoms in total. The maximum atomic E-state index is 7.02. The molecular weight excluding hydrogens is 617 g/mol. The number of fused-ring (bicyclic) bond motifs is 10. The van der Waals surface area contributed by atoms with Gasteiger partial charge in [0.1, 0.15) is 16.9 Å². The second-order valence-electron chi connectivity index (χ2n) is 15.7. The van der Waals surface area contributed by atoms with E-state index in [-0.39, 0.29) is 22.8 Å². The third-order valence-corrected chi connectivity index (χ3v) is 13.4. The molecule has 8 rings (SSSR count). The molecule has 0 bridgehead atoms. The third-order valence-electron chi connectivity index (χ3n) is 13.4. The zero-order valence-corrected chi connectivity index (χ0v) is 31.0. The Morgan fingerprint density at radius 1 is 0.900 bits per heavy atom. The number of imidazole rings is 1. The van der Waals surface area contributed by atoms with E-state index in [2.05, 4.69) is 130 Å². The van der Waals surface area contributed by atoms with E-state index in [4.69, 9.17) is 20.5 Å². The topological polar surface area (TPSA) is 39.9 Å². The van der Waals surface area contributed by atoms with Gasteiger partial charge in [0.15, 0.2) is 6.04 Å². The van der Waals surface area contributed by atoms with E-state index in [9.17, 15) is 0 Å². The van der Waals surface area contributed by atoms with Gasteiger partial charge in [0.2, 0.25) is 5.52 Å². The van der Waals surface area contributed by atoms with Gasteiger partial charge in [0.05, 0.1) is 17.4 Å². The largest absolute Gasteiger partial charge is 0.494 e. The maximum absolute atomic E-state index is 7.02. The number of aryl methyl sites for hydroxylation is 1. The Morgan fingerprint density at radius 3 is 2.26 bits per heavy atom. The van der Waals surface area contributed by atoms with Gasteiger partial charge in [-0.2, -0.15) is 4.40 Å². The summed E-state index contributed by atoms with van der Waals surface area (Å²) in [6.07, 6.45) is 3.04. The number of aromatic nitrogens is 2. The Kier molecular flexibility index (Phi) is 7.80. The van der Waals surface area contributed by atoms with Crippen LogP contribution in [-0.2, 0) is 9.47 Å². The summed E-state index contributed by atoms with van der Waals surface area (Å²) in [6, 6.07) is 26.0. The fourth-order valence-corrected chi connectivity index (χ4v) is 9.56. The molecule has 0 saturated carbocycles. The molecule has 0 N–H and O–H groups in total. The minimum absolute atomic E-state index is 0.0529. The van der Waals surface area contributed by atoms with Crippen LogP contribution in [0.4, 0.5) is 0 Å². The summed E-state index contributed by atoms with van der Waals surface area (Å²) in [6.45, 7) is 22.6. The lowest BCUT2D eigenvalue weighted by Gasteiger charge is -2.48. The average Bonchev–Trinajstić information content (AvgIpc) is 3.67. The highest BCUT2D eigenvalue weighted by Gasteiger charge is 2.47. The Balaban J connectivity index is 1.47. The van der Waals surface area contributed by atoms with Crippen LogP contribution in [0.3, 0.4) is 0 Å². The summed E-state index contributed by atoms with van der Waals surface area (Å²) >= 11 is 0. The molecule has 0 amide bonds. The summed E-state index contributed by atoms with van der Waals surface area (Å²) in [5, 5.41) is 7.51. The summed E-state index contributed by atoms with van der Waals surface area (Å²) in [5.41, 5.74) is 8.05. The highest BCUT2D eigenvalue weighted by atomic mass is 16.5. The number of pyridine rings is 1. The average molecular weight is 668 g/mol. The predicted molar refractivity (Wildman–Crippen MR) is 207 cm³/mol. The van der Waals surface area contributed by atoms with Crippen molar-refractivity contribution in [2.75, 3.05) is 20.3 Å². The number of allylic oxidation sites excluding steroid dienone is 1. The summed E-state index contributed by atoms with van der Waals surface area (Å²) in [4.78, 5) is 0. The molecule has 3 aromatic heterocycles. The first-order valence-electron chi connectivity index (χ1n) is 18.5. The standard InChI is InChI=1S/C45H51N2O3/c1-10-44(6,7)45(8,11-2)27(3)26-49-29(5)40-34(24-25-48-9)38-31-19-13-12-18-30(31)28(4)37-32-20-14-16-22-35(32)46-42(39(37)38)47(40)41-33-21-15-17-23-36(33)50-43(41)46/h12-23,27,34,40H,5,10-11,24-26H2,1-4,6-9H3/q+1/t27-,34?,40?,45?/m0/s1. The Hall–Kier alpha value is -4.35. The fourth-order valence-electron chi connectivity index (χ4n) is 9.56. The molecule has 0 aliphatic carbocycles. The molecule has 7 aromatic rings. The van der Waals surface area contributed by atoms with Gasteiger partial charge >= 0.3 is 5.71 Å². The van der Waals surface area contributed by atoms with Gasteiger partial charge in [-0.1, -0.05) is 109 Å². The van der Waals surface area contributed by atoms with Crippen molar-refractivity contribution in [3.05, 3.63) is 96.3 Å². The van der Waals surface area contributed by atoms with Crippen molar-refractivity contribution in [2.24, 2.45) is 16.7 Å². The predicted octanol–water partition coefficient (Wildman–Crippen LogP) is 11.6. The van der Waals surface area contributed by atoms with E-state index in [0.717, 1.165) is 58.4 Å². The van der Waals surface area contributed by atoms with E-state index in [0.29, 0.717) is 19.1 Å². The molecule has 258 valence electrons. The zero-order chi connectivity index (χ0) is 35.1. The number of methoxy groups -OCH3 is 1. The molecule has 4 atom stereocenters. The van der Waals surface area contributed by atoms with Crippen molar-refractivity contribution in [3.8, 4) is 0 Å². The molecule has 4 aromatic carbocycles. The van der Waals surface area contributed by atoms with Crippen LogP contribution in [0.5, 0.6) is 0 Å². The van der Waals surface area contributed by atoms with E-state index in [1.54, 1.807) is 0 Å². The number of furan rings is 1. The van der Waals surface area contributed by atoms with Gasteiger partial charge in [-0.05, 0) is 76.6 Å². The minimum Gasteiger partial charge on any atom is -0.494 e. The fraction of sp³-hybridized carbons (Fsp3) is 0.400. The normalized spacial score (nSPS) is 18.2. The Labute approximate surface area is 295 Å². The lowest BCUT2D eigenvalue weighted by Crippen LogP contribution is -2.47. The first-order valence-corrected chi connectivity index (χ1v) is 18.5. The number of hydrogen-bond donors (Lipinski definition) is 0. The Bertz CT molecular complexity index is 2460. The summed E-state index contributed by atoms with van der Waals surface area (Å²) in [7, 11) is 1.81. The molecule has 4 heterocycles. The third kappa shape index (κ3) is 4.38. The van der Waals surface area contributed by atoms with E-state index < -0.39 is 0 Å². The summed E-state index contributed by atoms with van der Waals surface area (Å²) in [5.74, 6) is 1.18. The SMILES string of the molecule is C=C(OC[C@H](C)C(C)(CC)C(C)(C)CC)C1C(CCOC)c2c3ccccc3c(C)c3c4ccccc4n4c5oc6ccccc6c5[n+]1c4c23. The van der Waals surface area contributed by atoms with Crippen molar-refractivity contribution in [1.29, 1.82) is 0 Å². The molecule has 5 heteroatoms. The number of benzene rings is 4. The van der Waals surface area contributed by atoms with Gasteiger partial charge in [-0.3, -0.25) is 0 Å². The van der Waals surface area contributed by atoms with E-state index in [1.165, 1.54) is 38.1 Å². The monoisotopic (exact) mass is 667 g/mol.